The average molecular weight is 515 g/mol. The van der Waals surface area contributed by atoms with Crippen LogP contribution in [-0.2, 0) is 20.6 Å². The Kier molecular flexibility index (Phi) is 9.45. The fourth-order valence-electron chi connectivity index (χ4n) is 3.42. The van der Waals surface area contributed by atoms with Crippen LogP contribution in [0.1, 0.15) is 11.1 Å². The summed E-state index contributed by atoms with van der Waals surface area (Å²) in [6.07, 6.45) is 0. The molecule has 35 heavy (non-hydrogen) atoms. The number of anilines is 1. The van der Waals surface area contributed by atoms with E-state index in [9.17, 15) is 13.2 Å². The van der Waals surface area contributed by atoms with Crippen LogP contribution in [-0.4, -0.2) is 47.4 Å². The van der Waals surface area contributed by atoms with Gasteiger partial charge in [-0.2, -0.15) is 11.8 Å². The highest BCUT2D eigenvalue weighted by atomic mass is 32.2. The molecule has 0 fully saturated rings. The molecule has 7 nitrogen and oxygen atoms in total. The molecule has 0 aliphatic rings. The highest BCUT2D eigenvalue weighted by Crippen LogP contribution is 2.32. The zero-order valence-electron chi connectivity index (χ0n) is 20.1. The van der Waals surface area contributed by atoms with Crippen molar-refractivity contribution >= 4 is 33.4 Å². The van der Waals surface area contributed by atoms with Gasteiger partial charge in [-0.1, -0.05) is 42.5 Å². The number of thioether (sulfide) groups is 1. The molecule has 0 aliphatic heterocycles. The molecule has 0 aliphatic carbocycles. The number of methoxy groups -OCH3 is 2. The molecule has 0 heterocycles. The van der Waals surface area contributed by atoms with E-state index in [4.69, 9.17) is 9.47 Å². The number of hydrogen-bond donors (Lipinski definition) is 1. The first-order valence-electron chi connectivity index (χ1n) is 11.1. The molecule has 186 valence electrons. The van der Waals surface area contributed by atoms with Crippen LogP contribution in [0.15, 0.2) is 77.7 Å². The number of rotatable bonds is 12. The van der Waals surface area contributed by atoms with Gasteiger partial charge in [-0.15, -0.1) is 0 Å². The van der Waals surface area contributed by atoms with Crippen molar-refractivity contribution < 1.29 is 22.7 Å². The van der Waals surface area contributed by atoms with Gasteiger partial charge in [-0.05, 0) is 42.3 Å². The molecule has 9 heteroatoms. The van der Waals surface area contributed by atoms with Crippen molar-refractivity contribution in [2.24, 2.45) is 0 Å². The molecule has 0 unspecified atom stereocenters. The molecule has 3 aromatic rings. The van der Waals surface area contributed by atoms with Crippen molar-refractivity contribution in [3.05, 3.63) is 83.9 Å². The van der Waals surface area contributed by atoms with Gasteiger partial charge in [0.2, 0.25) is 5.91 Å². The number of aryl methyl sites for hydroxylation is 1. The van der Waals surface area contributed by atoms with E-state index in [1.807, 2.05) is 12.1 Å². The van der Waals surface area contributed by atoms with Gasteiger partial charge in [0.25, 0.3) is 10.0 Å². The molecule has 0 spiro atoms. The quantitative estimate of drug-likeness (QED) is 0.364. The summed E-state index contributed by atoms with van der Waals surface area (Å²) in [5.74, 6) is 1.89. The van der Waals surface area contributed by atoms with Gasteiger partial charge < -0.3 is 14.8 Å². The smallest absolute Gasteiger partial charge is 0.264 e. The van der Waals surface area contributed by atoms with E-state index >= 15 is 0 Å². The fraction of sp³-hybridized carbons (Fsp3) is 0.269. The standard InChI is InChI=1S/C26H30N2O5S2/c1-20-9-7-8-10-21(20)19-34-16-15-27-26(29)18-28(22-11-5-4-6-12-22)35(30,31)23-13-14-24(32-2)25(17-23)33-3/h4-14,17H,15-16,18-19H2,1-3H3,(H,27,29). The Morgan fingerprint density at radius 3 is 2.31 bits per heavy atom. The summed E-state index contributed by atoms with van der Waals surface area (Å²) in [5, 5.41) is 2.84. The lowest BCUT2D eigenvalue weighted by molar-refractivity contribution is -0.119. The first-order chi connectivity index (χ1) is 16.9. The van der Waals surface area contributed by atoms with E-state index in [0.29, 0.717) is 23.7 Å². The molecule has 3 aromatic carbocycles. The Labute approximate surface area is 211 Å². The maximum absolute atomic E-state index is 13.5. The van der Waals surface area contributed by atoms with Crippen molar-refractivity contribution in [1.29, 1.82) is 0 Å². The van der Waals surface area contributed by atoms with Crippen molar-refractivity contribution in [1.82, 2.24) is 5.32 Å². The van der Waals surface area contributed by atoms with E-state index in [-0.39, 0.29) is 23.1 Å². The summed E-state index contributed by atoms with van der Waals surface area (Å²) in [5.41, 5.74) is 2.90. The fourth-order valence-corrected chi connectivity index (χ4v) is 5.79. The second kappa shape index (κ2) is 12.5. The number of amides is 1. The topological polar surface area (TPSA) is 84.9 Å². The van der Waals surface area contributed by atoms with Gasteiger partial charge in [0.15, 0.2) is 11.5 Å². The lowest BCUT2D eigenvalue weighted by atomic mass is 10.1. The van der Waals surface area contributed by atoms with Crippen LogP contribution in [0, 0.1) is 6.92 Å². The number of carbonyl (C=O) groups is 1. The molecular weight excluding hydrogens is 484 g/mol. The van der Waals surface area contributed by atoms with Gasteiger partial charge in [-0.25, -0.2) is 8.42 Å². The van der Waals surface area contributed by atoms with Crippen LogP contribution in [0.2, 0.25) is 0 Å². The van der Waals surface area contributed by atoms with Crippen LogP contribution in [0.5, 0.6) is 11.5 Å². The third kappa shape index (κ3) is 6.93. The summed E-state index contributed by atoms with van der Waals surface area (Å²) in [6.45, 7) is 2.17. The molecule has 0 radical (unpaired) electrons. The van der Waals surface area contributed by atoms with Gasteiger partial charge in [0.05, 0.1) is 24.8 Å². The second-order valence-electron chi connectivity index (χ2n) is 7.69. The van der Waals surface area contributed by atoms with E-state index in [0.717, 1.165) is 10.1 Å². The minimum absolute atomic E-state index is 0.000546. The SMILES string of the molecule is COc1ccc(S(=O)(=O)N(CC(=O)NCCSCc2ccccc2C)c2ccccc2)cc1OC. The predicted molar refractivity (Wildman–Crippen MR) is 141 cm³/mol. The predicted octanol–water partition coefficient (Wildman–Crippen LogP) is 4.26. The van der Waals surface area contributed by atoms with Crippen molar-refractivity contribution in [3.8, 4) is 11.5 Å². The molecule has 3 rings (SSSR count). The first-order valence-corrected chi connectivity index (χ1v) is 13.6. The van der Waals surface area contributed by atoms with Crippen molar-refractivity contribution in [3.63, 3.8) is 0 Å². The van der Waals surface area contributed by atoms with Crippen LogP contribution in [0.25, 0.3) is 0 Å². The molecule has 0 aromatic heterocycles. The second-order valence-corrected chi connectivity index (χ2v) is 10.7. The molecule has 0 atom stereocenters. The normalized spacial score (nSPS) is 11.1. The van der Waals surface area contributed by atoms with Crippen LogP contribution in [0.3, 0.4) is 0 Å². The number of sulfonamides is 1. The van der Waals surface area contributed by atoms with E-state index < -0.39 is 10.0 Å². The lowest BCUT2D eigenvalue weighted by Gasteiger charge is -2.24. The minimum atomic E-state index is -4.05. The Bertz CT molecular complexity index is 1230. The maximum atomic E-state index is 13.5. The van der Waals surface area contributed by atoms with E-state index in [1.165, 1.54) is 43.5 Å². The third-order valence-corrected chi connectivity index (χ3v) is 8.14. The summed E-state index contributed by atoms with van der Waals surface area (Å²) in [7, 11) is -1.13. The van der Waals surface area contributed by atoms with Gasteiger partial charge in [0.1, 0.15) is 6.54 Å². The summed E-state index contributed by atoms with van der Waals surface area (Å²) in [6, 6.07) is 21.1. The Morgan fingerprint density at radius 1 is 0.943 bits per heavy atom. The Balaban J connectivity index is 1.69. The first kappa shape index (κ1) is 26.4. The number of hydrogen-bond acceptors (Lipinski definition) is 6. The molecule has 0 saturated heterocycles. The number of nitrogens with zero attached hydrogens (tertiary/aromatic N) is 1. The molecular formula is C26H30N2O5S2. The molecule has 1 amide bonds. The lowest BCUT2D eigenvalue weighted by Crippen LogP contribution is -2.41. The monoisotopic (exact) mass is 514 g/mol. The van der Waals surface area contributed by atoms with Crippen LogP contribution in [0.4, 0.5) is 5.69 Å². The van der Waals surface area contributed by atoms with Crippen molar-refractivity contribution in [2.75, 3.05) is 37.4 Å². The molecule has 0 bridgehead atoms. The van der Waals surface area contributed by atoms with Crippen molar-refractivity contribution in [2.45, 2.75) is 17.6 Å². The van der Waals surface area contributed by atoms with Crippen LogP contribution >= 0.6 is 11.8 Å². The summed E-state index contributed by atoms with van der Waals surface area (Å²) < 4.78 is 38.7. The van der Waals surface area contributed by atoms with Crippen LogP contribution < -0.4 is 19.1 Å². The minimum Gasteiger partial charge on any atom is -0.493 e. The number of para-hydroxylation sites is 1. The van der Waals surface area contributed by atoms with E-state index in [1.54, 1.807) is 42.1 Å². The molecule has 1 N–H and O–H groups in total. The Hall–Kier alpha value is -3.17. The number of ether oxygens (including phenoxy) is 2. The third-order valence-electron chi connectivity index (χ3n) is 5.36. The summed E-state index contributed by atoms with van der Waals surface area (Å²) >= 11 is 1.72. The zero-order valence-corrected chi connectivity index (χ0v) is 21.7. The maximum Gasteiger partial charge on any atom is 0.264 e. The number of nitrogens with one attached hydrogen (secondary N) is 1. The van der Waals surface area contributed by atoms with Gasteiger partial charge in [-0.3, -0.25) is 9.10 Å². The Morgan fingerprint density at radius 2 is 1.63 bits per heavy atom. The summed E-state index contributed by atoms with van der Waals surface area (Å²) in [4.78, 5) is 12.7. The molecule has 0 saturated carbocycles. The zero-order chi connectivity index (χ0) is 25.3. The van der Waals surface area contributed by atoms with E-state index in [2.05, 4.69) is 24.4 Å². The highest BCUT2D eigenvalue weighted by Gasteiger charge is 2.28. The largest absolute Gasteiger partial charge is 0.493 e. The average Bonchev–Trinajstić information content (AvgIpc) is 2.88. The highest BCUT2D eigenvalue weighted by molar-refractivity contribution is 7.98. The van der Waals surface area contributed by atoms with Gasteiger partial charge >= 0.3 is 0 Å². The number of benzene rings is 3. The van der Waals surface area contributed by atoms with Gasteiger partial charge in [0, 0.05) is 24.1 Å². The number of carbonyl (C=O) groups excluding carboxylic acids is 1.